The molecule has 0 unspecified atom stereocenters. The van der Waals surface area contributed by atoms with Crippen LogP contribution in [0.2, 0.25) is 0 Å². The van der Waals surface area contributed by atoms with Crippen LogP contribution in [0.25, 0.3) is 10.9 Å². The average Bonchev–Trinajstić information content (AvgIpc) is 3.05. The molecule has 2 N–H and O–H groups in total. The number of nitrogens with one attached hydrogen (secondary N) is 2. The van der Waals surface area contributed by atoms with E-state index in [4.69, 9.17) is 0 Å². The summed E-state index contributed by atoms with van der Waals surface area (Å²) in [4.78, 5) is 3.26. The standard InChI is InChI=1S/C20H24N2O2S/c1-20(2,18-14-21-19-11-7-6-10-17(18)19)15-22-25(23,24)13-12-16-8-4-3-5-9-16/h3-11,14,21-22H,12-13,15H2,1-2H3. The molecule has 1 heterocycles. The molecule has 0 atom stereocenters. The van der Waals surface area contributed by atoms with Gasteiger partial charge in [0.15, 0.2) is 0 Å². The fourth-order valence-corrected chi connectivity index (χ4v) is 4.22. The number of H-pyrrole nitrogens is 1. The summed E-state index contributed by atoms with van der Waals surface area (Å²) in [6.07, 6.45) is 2.49. The molecule has 0 fully saturated rings. The van der Waals surface area contributed by atoms with Crippen molar-refractivity contribution in [3.8, 4) is 0 Å². The summed E-state index contributed by atoms with van der Waals surface area (Å²) >= 11 is 0. The maximum absolute atomic E-state index is 12.4. The van der Waals surface area contributed by atoms with Crippen LogP contribution in [0.4, 0.5) is 0 Å². The third kappa shape index (κ3) is 4.30. The Kier molecular flexibility index (Phi) is 4.97. The normalized spacial score (nSPS) is 12.6. The first-order chi connectivity index (χ1) is 11.9. The number of sulfonamides is 1. The first-order valence-corrected chi connectivity index (χ1v) is 10.1. The predicted molar refractivity (Wildman–Crippen MR) is 103 cm³/mol. The monoisotopic (exact) mass is 356 g/mol. The van der Waals surface area contributed by atoms with Gasteiger partial charge in [0.1, 0.15) is 0 Å². The van der Waals surface area contributed by atoms with Gasteiger partial charge < -0.3 is 4.98 Å². The van der Waals surface area contributed by atoms with Crippen LogP contribution in [0.3, 0.4) is 0 Å². The molecule has 0 aliphatic rings. The lowest BCUT2D eigenvalue weighted by molar-refractivity contribution is 0.504. The van der Waals surface area contributed by atoms with Crippen LogP contribution in [0.1, 0.15) is 25.0 Å². The molecule has 0 aliphatic heterocycles. The number of hydrogen-bond donors (Lipinski definition) is 2. The van der Waals surface area contributed by atoms with Crippen molar-refractivity contribution in [1.29, 1.82) is 0 Å². The Morgan fingerprint density at radius 3 is 2.44 bits per heavy atom. The van der Waals surface area contributed by atoms with Crippen LogP contribution >= 0.6 is 0 Å². The molecule has 0 saturated heterocycles. The Morgan fingerprint density at radius 2 is 1.68 bits per heavy atom. The van der Waals surface area contributed by atoms with Gasteiger partial charge in [-0.1, -0.05) is 62.4 Å². The number of aromatic nitrogens is 1. The summed E-state index contributed by atoms with van der Waals surface area (Å²) in [5.74, 6) is 0.0982. The Balaban J connectivity index is 1.66. The van der Waals surface area contributed by atoms with Gasteiger partial charge in [0.2, 0.25) is 10.0 Å². The minimum atomic E-state index is -3.32. The van der Waals surface area contributed by atoms with Crippen molar-refractivity contribution in [2.75, 3.05) is 12.3 Å². The minimum absolute atomic E-state index is 0.0982. The molecule has 4 nitrogen and oxygen atoms in total. The van der Waals surface area contributed by atoms with Gasteiger partial charge in [-0.05, 0) is 23.6 Å². The van der Waals surface area contributed by atoms with Gasteiger partial charge in [-0.25, -0.2) is 13.1 Å². The van der Waals surface area contributed by atoms with Crippen molar-refractivity contribution < 1.29 is 8.42 Å². The summed E-state index contributed by atoms with van der Waals surface area (Å²) in [7, 11) is -3.32. The lowest BCUT2D eigenvalue weighted by atomic mass is 9.85. The second-order valence-corrected chi connectivity index (χ2v) is 8.93. The Hall–Kier alpha value is -2.11. The van der Waals surface area contributed by atoms with Crippen LogP contribution in [-0.4, -0.2) is 25.7 Å². The van der Waals surface area contributed by atoms with E-state index in [2.05, 4.69) is 29.6 Å². The van der Waals surface area contributed by atoms with E-state index in [0.29, 0.717) is 13.0 Å². The molecule has 132 valence electrons. The molecular formula is C20H24N2O2S. The third-order valence-electron chi connectivity index (χ3n) is 4.55. The molecular weight excluding hydrogens is 332 g/mol. The minimum Gasteiger partial charge on any atom is -0.361 e. The van der Waals surface area contributed by atoms with Gasteiger partial charge >= 0.3 is 0 Å². The second kappa shape index (κ2) is 7.02. The lowest BCUT2D eigenvalue weighted by Gasteiger charge is -2.25. The van der Waals surface area contributed by atoms with Crippen molar-refractivity contribution in [1.82, 2.24) is 9.71 Å². The summed E-state index contributed by atoms with van der Waals surface area (Å²) in [5, 5.41) is 1.14. The number of aromatic amines is 1. The van der Waals surface area contributed by atoms with Gasteiger partial charge in [-0.15, -0.1) is 0 Å². The number of fused-ring (bicyclic) bond motifs is 1. The van der Waals surface area contributed by atoms with Crippen LogP contribution in [-0.2, 0) is 21.9 Å². The number of aryl methyl sites for hydroxylation is 1. The number of hydrogen-bond acceptors (Lipinski definition) is 2. The Bertz CT molecular complexity index is 944. The Morgan fingerprint density at radius 1 is 1.00 bits per heavy atom. The molecule has 0 spiro atoms. The van der Waals surface area contributed by atoms with E-state index in [-0.39, 0.29) is 11.2 Å². The SMILES string of the molecule is CC(C)(CNS(=O)(=O)CCc1ccccc1)c1c[nH]c2ccccc12. The molecule has 25 heavy (non-hydrogen) atoms. The van der Waals surface area contributed by atoms with E-state index in [1.54, 1.807) is 0 Å². The second-order valence-electron chi connectivity index (χ2n) is 7.01. The number of benzene rings is 2. The smallest absolute Gasteiger partial charge is 0.211 e. The predicted octanol–water partition coefficient (Wildman–Crippen LogP) is 3.61. The van der Waals surface area contributed by atoms with Crippen LogP contribution in [0.5, 0.6) is 0 Å². The zero-order valence-corrected chi connectivity index (χ0v) is 15.4. The molecule has 0 amide bonds. The highest BCUT2D eigenvalue weighted by atomic mass is 32.2. The summed E-state index contributed by atoms with van der Waals surface area (Å²) in [6.45, 7) is 4.48. The number of para-hydroxylation sites is 1. The molecule has 3 rings (SSSR count). The molecule has 3 aromatic rings. The lowest BCUT2D eigenvalue weighted by Crippen LogP contribution is -2.38. The van der Waals surface area contributed by atoms with Crippen molar-refractivity contribution in [3.63, 3.8) is 0 Å². The highest BCUT2D eigenvalue weighted by molar-refractivity contribution is 7.89. The Labute approximate surface area is 149 Å². The highest BCUT2D eigenvalue weighted by Gasteiger charge is 2.26. The topological polar surface area (TPSA) is 62.0 Å². The molecule has 1 aromatic heterocycles. The molecule has 0 aliphatic carbocycles. The quantitative estimate of drug-likeness (QED) is 0.679. The maximum atomic E-state index is 12.4. The van der Waals surface area contributed by atoms with E-state index < -0.39 is 10.0 Å². The van der Waals surface area contributed by atoms with Crippen LogP contribution in [0, 0.1) is 0 Å². The first-order valence-electron chi connectivity index (χ1n) is 8.45. The van der Waals surface area contributed by atoms with Gasteiger partial charge in [0, 0.05) is 29.1 Å². The maximum Gasteiger partial charge on any atom is 0.211 e. The van der Waals surface area contributed by atoms with Gasteiger partial charge in [0.05, 0.1) is 5.75 Å². The molecule has 5 heteroatoms. The van der Waals surface area contributed by atoms with E-state index in [9.17, 15) is 8.42 Å². The van der Waals surface area contributed by atoms with E-state index in [1.165, 1.54) is 0 Å². The molecule has 0 radical (unpaired) electrons. The summed E-state index contributed by atoms with van der Waals surface area (Å²) in [6, 6.07) is 17.8. The molecule has 0 bridgehead atoms. The average molecular weight is 356 g/mol. The van der Waals surface area contributed by atoms with Crippen molar-refractivity contribution >= 4 is 20.9 Å². The summed E-state index contributed by atoms with van der Waals surface area (Å²) < 4.78 is 27.5. The van der Waals surface area contributed by atoms with E-state index in [0.717, 1.165) is 22.0 Å². The van der Waals surface area contributed by atoms with E-state index in [1.807, 2.05) is 54.7 Å². The zero-order valence-electron chi connectivity index (χ0n) is 14.6. The fraction of sp³-hybridized carbons (Fsp3) is 0.300. The molecule has 2 aromatic carbocycles. The van der Waals surface area contributed by atoms with E-state index >= 15 is 0 Å². The van der Waals surface area contributed by atoms with Gasteiger partial charge in [0.25, 0.3) is 0 Å². The molecule has 0 saturated carbocycles. The van der Waals surface area contributed by atoms with Gasteiger partial charge in [-0.3, -0.25) is 0 Å². The first kappa shape index (κ1) is 17.7. The fourth-order valence-electron chi connectivity index (χ4n) is 2.99. The van der Waals surface area contributed by atoms with Crippen molar-refractivity contribution in [3.05, 3.63) is 71.9 Å². The van der Waals surface area contributed by atoms with Crippen LogP contribution < -0.4 is 4.72 Å². The van der Waals surface area contributed by atoms with Gasteiger partial charge in [-0.2, -0.15) is 0 Å². The third-order valence-corrected chi connectivity index (χ3v) is 5.88. The highest BCUT2D eigenvalue weighted by Crippen LogP contribution is 2.29. The summed E-state index contributed by atoms with van der Waals surface area (Å²) in [5.41, 5.74) is 2.91. The van der Waals surface area contributed by atoms with Crippen molar-refractivity contribution in [2.24, 2.45) is 0 Å². The zero-order chi connectivity index (χ0) is 17.9. The van der Waals surface area contributed by atoms with Crippen LogP contribution in [0.15, 0.2) is 60.8 Å². The van der Waals surface area contributed by atoms with Crippen molar-refractivity contribution in [2.45, 2.75) is 25.7 Å². The number of rotatable bonds is 7. The largest absolute Gasteiger partial charge is 0.361 e.